The molecule has 50 heavy (non-hydrogen) atoms. The Morgan fingerprint density at radius 3 is 1.58 bits per heavy atom. The summed E-state index contributed by atoms with van der Waals surface area (Å²) in [4.78, 5) is 38.6. The summed E-state index contributed by atoms with van der Waals surface area (Å²) < 4.78 is 56.0. The second-order valence-corrected chi connectivity index (χ2v) is 13.6. The lowest BCUT2D eigenvalue weighted by molar-refractivity contribution is -0.143. The van der Waals surface area contributed by atoms with Crippen LogP contribution < -0.4 is 5.73 Å². The van der Waals surface area contributed by atoms with Crippen LogP contribution in [0.15, 0.2) is 65.4 Å². The Morgan fingerprint density at radius 1 is 0.740 bits per heavy atom. The van der Waals surface area contributed by atoms with Crippen molar-refractivity contribution in [2.24, 2.45) is 22.3 Å². The minimum Gasteiger partial charge on any atom is -0.464 e. The second kappa shape index (κ2) is 22.6. The van der Waals surface area contributed by atoms with Crippen LogP contribution >= 0.6 is 7.75 Å². The quantitative estimate of drug-likeness (QED) is 0.0269. The number of benzene rings is 2. The molecule has 0 spiro atoms. The predicted octanol–water partition coefficient (Wildman–Crippen LogP) is 6.86. The molecule has 0 fully saturated rings. The number of hydrogen-bond acceptors (Lipinski definition) is 11. The SMILES string of the molecule is CCCOC(=O)CN(C)/C(N)=N/P(=O)(OC(OC(=O)OCCCc1ccccc1)C(C)C)OC(OC(=O)OCCCc1ccccc1)C(C)C. The molecule has 0 aliphatic heterocycles. The maximum absolute atomic E-state index is 14.3. The van der Waals surface area contributed by atoms with E-state index in [0.29, 0.717) is 32.1 Å². The number of esters is 1. The zero-order valence-corrected chi connectivity index (χ0v) is 30.8. The van der Waals surface area contributed by atoms with E-state index in [1.807, 2.05) is 67.6 Å². The zero-order valence-electron chi connectivity index (χ0n) is 29.9. The van der Waals surface area contributed by atoms with Crippen molar-refractivity contribution in [3.05, 3.63) is 71.8 Å². The number of rotatable bonds is 21. The Morgan fingerprint density at radius 2 is 1.18 bits per heavy atom. The third-order valence-corrected chi connectivity index (χ3v) is 8.18. The first-order valence-corrected chi connectivity index (χ1v) is 18.2. The van der Waals surface area contributed by atoms with Gasteiger partial charge in [-0.1, -0.05) is 95.3 Å². The zero-order chi connectivity index (χ0) is 36.9. The van der Waals surface area contributed by atoms with Gasteiger partial charge in [0.15, 0.2) is 0 Å². The number of hydrogen-bond donors (Lipinski definition) is 1. The van der Waals surface area contributed by atoms with Crippen molar-refractivity contribution in [3.63, 3.8) is 0 Å². The van der Waals surface area contributed by atoms with Gasteiger partial charge in [-0.2, -0.15) is 0 Å². The van der Waals surface area contributed by atoms with Gasteiger partial charge in [0.25, 0.3) is 0 Å². The Hall–Kier alpha value is -4.13. The van der Waals surface area contributed by atoms with E-state index in [-0.39, 0.29) is 26.4 Å². The number of carbonyl (C=O) groups excluding carboxylic acids is 3. The maximum atomic E-state index is 14.3. The number of likely N-dealkylation sites (N-methyl/N-ethyl adjacent to an activating group) is 1. The van der Waals surface area contributed by atoms with Crippen molar-refractivity contribution in [1.29, 1.82) is 0 Å². The van der Waals surface area contributed by atoms with Crippen molar-refractivity contribution < 1.29 is 51.7 Å². The van der Waals surface area contributed by atoms with E-state index in [2.05, 4.69) is 4.76 Å². The van der Waals surface area contributed by atoms with Crippen LogP contribution in [0.25, 0.3) is 0 Å². The van der Waals surface area contributed by atoms with Crippen LogP contribution in [0.4, 0.5) is 9.59 Å². The third kappa shape index (κ3) is 17.0. The summed E-state index contributed by atoms with van der Waals surface area (Å²) in [5, 5.41) is 0. The Kier molecular flexibility index (Phi) is 19.0. The number of ether oxygens (including phenoxy) is 5. The molecule has 2 atom stereocenters. The maximum Gasteiger partial charge on any atom is 0.510 e. The molecule has 2 N–H and O–H groups in total. The summed E-state index contributed by atoms with van der Waals surface area (Å²) in [6, 6.07) is 19.4. The lowest BCUT2D eigenvalue weighted by Gasteiger charge is -2.28. The van der Waals surface area contributed by atoms with Crippen LogP contribution in [0.2, 0.25) is 0 Å². The molecule has 2 aromatic rings. The fraction of sp³-hybridized carbons (Fsp3) is 0.543. The summed E-state index contributed by atoms with van der Waals surface area (Å²) in [5.41, 5.74) is 8.29. The van der Waals surface area contributed by atoms with Crippen LogP contribution in [0, 0.1) is 11.8 Å². The molecule has 0 aromatic heterocycles. The molecule has 0 heterocycles. The molecule has 2 rings (SSSR count). The summed E-state index contributed by atoms with van der Waals surface area (Å²) in [6.45, 7) is 8.43. The smallest absolute Gasteiger partial charge is 0.464 e. The van der Waals surface area contributed by atoms with Gasteiger partial charge in [-0.05, 0) is 43.2 Å². The highest BCUT2D eigenvalue weighted by Crippen LogP contribution is 2.54. The summed E-state index contributed by atoms with van der Waals surface area (Å²) in [7, 11) is -3.35. The highest BCUT2D eigenvalue weighted by atomic mass is 31.2. The van der Waals surface area contributed by atoms with Crippen LogP contribution in [-0.2, 0) is 54.9 Å². The monoisotopic (exact) mass is 721 g/mol. The first-order valence-electron chi connectivity index (χ1n) is 16.8. The van der Waals surface area contributed by atoms with E-state index in [0.717, 1.165) is 11.1 Å². The van der Waals surface area contributed by atoms with Crippen molar-refractivity contribution >= 4 is 32.0 Å². The topological polar surface area (TPSA) is 175 Å². The third-order valence-electron chi connectivity index (χ3n) is 6.78. The van der Waals surface area contributed by atoms with E-state index in [1.54, 1.807) is 27.7 Å². The minimum absolute atomic E-state index is 0.0630. The van der Waals surface area contributed by atoms with E-state index < -0.39 is 56.4 Å². The fourth-order valence-electron chi connectivity index (χ4n) is 4.04. The number of nitrogens with two attached hydrogens (primary N) is 1. The highest BCUT2D eigenvalue weighted by Gasteiger charge is 2.39. The molecule has 15 heteroatoms. The molecule has 278 valence electrons. The van der Waals surface area contributed by atoms with Gasteiger partial charge < -0.3 is 34.3 Å². The predicted molar refractivity (Wildman–Crippen MR) is 187 cm³/mol. The van der Waals surface area contributed by atoms with Gasteiger partial charge in [0, 0.05) is 18.9 Å². The Balaban J connectivity index is 2.16. The lowest BCUT2D eigenvalue weighted by atomic mass is 10.1. The van der Waals surface area contributed by atoms with Gasteiger partial charge in [0.1, 0.15) is 6.54 Å². The van der Waals surface area contributed by atoms with Crippen LogP contribution in [0.3, 0.4) is 0 Å². The number of carbonyl (C=O) groups is 3. The van der Waals surface area contributed by atoms with E-state index in [4.69, 9.17) is 38.5 Å². The molecule has 2 aromatic carbocycles. The number of aryl methyl sites for hydroxylation is 2. The molecule has 0 radical (unpaired) electrons. The van der Waals surface area contributed by atoms with Crippen LogP contribution in [0.1, 0.15) is 65.0 Å². The van der Waals surface area contributed by atoms with Crippen molar-refractivity contribution in [3.8, 4) is 0 Å². The van der Waals surface area contributed by atoms with E-state index in [9.17, 15) is 18.9 Å². The molecule has 0 bridgehead atoms. The molecule has 0 amide bonds. The molecular weight excluding hydrogens is 669 g/mol. The normalized spacial score (nSPS) is 14.0. The van der Waals surface area contributed by atoms with Crippen LogP contribution in [0.5, 0.6) is 0 Å². The first-order chi connectivity index (χ1) is 23.8. The summed E-state index contributed by atoms with van der Waals surface area (Å²) in [5.74, 6) is -2.16. The van der Waals surface area contributed by atoms with Crippen LogP contribution in [-0.4, -0.2) is 75.1 Å². The molecule has 14 nitrogen and oxygen atoms in total. The largest absolute Gasteiger partial charge is 0.510 e. The van der Waals surface area contributed by atoms with E-state index >= 15 is 0 Å². The number of guanidine groups is 1. The minimum atomic E-state index is -4.77. The Labute approximate surface area is 295 Å². The molecule has 0 saturated heterocycles. The van der Waals surface area contributed by atoms with Gasteiger partial charge >= 0.3 is 26.0 Å². The Bertz CT molecular complexity index is 1300. The van der Waals surface area contributed by atoms with Gasteiger partial charge in [-0.3, -0.25) is 4.79 Å². The van der Waals surface area contributed by atoms with Gasteiger partial charge in [0.05, 0.1) is 19.8 Å². The lowest BCUT2D eigenvalue weighted by Crippen LogP contribution is -2.38. The van der Waals surface area contributed by atoms with E-state index in [1.165, 1.54) is 11.9 Å². The summed E-state index contributed by atoms with van der Waals surface area (Å²) in [6.07, 6.45) is -2.04. The molecule has 0 aliphatic rings. The molecule has 0 saturated carbocycles. The standard InChI is InChI=1S/C35H52N3O11P/c1-7-22-43-30(39)25-38(6)33(36)37-50(42,48-31(26(2)3)46-34(40)44-23-14-20-28-16-10-8-11-17-28)49-32(27(4)5)47-35(41)45-24-15-21-29-18-12-9-13-19-29/h8-13,16-19,26-27,31-32H,7,14-15,20-25H2,1-6H3,(H2,36,37,42). The molecule has 2 unspecified atom stereocenters. The van der Waals surface area contributed by atoms with Crippen molar-refractivity contribution in [1.82, 2.24) is 4.90 Å². The average Bonchev–Trinajstić information content (AvgIpc) is 3.07. The highest BCUT2D eigenvalue weighted by molar-refractivity contribution is 7.52. The molecular formula is C35H52N3O11P. The van der Waals surface area contributed by atoms with Gasteiger partial charge in [0.2, 0.25) is 18.5 Å². The summed E-state index contributed by atoms with van der Waals surface area (Å²) >= 11 is 0. The first kappa shape index (κ1) is 42.0. The van der Waals surface area contributed by atoms with Gasteiger partial charge in [-0.15, -0.1) is 4.76 Å². The second-order valence-electron chi connectivity index (χ2n) is 12.0. The fourth-order valence-corrected chi connectivity index (χ4v) is 5.69. The van der Waals surface area contributed by atoms with Crippen molar-refractivity contribution in [2.75, 3.05) is 33.4 Å². The van der Waals surface area contributed by atoms with Crippen molar-refractivity contribution in [2.45, 2.75) is 79.3 Å². The number of nitrogens with zero attached hydrogens (tertiary/aromatic N) is 2. The van der Waals surface area contributed by atoms with Gasteiger partial charge in [-0.25, -0.2) is 23.2 Å². The molecule has 0 aliphatic carbocycles. The average molecular weight is 722 g/mol.